The van der Waals surface area contributed by atoms with Crippen molar-refractivity contribution in [3.05, 3.63) is 70.4 Å². The second-order valence-electron chi connectivity index (χ2n) is 6.66. The van der Waals surface area contributed by atoms with Crippen LogP contribution in [0.4, 0.5) is 11.4 Å². The lowest BCUT2D eigenvalue weighted by Crippen LogP contribution is -2.30. The van der Waals surface area contributed by atoms with E-state index in [-0.39, 0.29) is 17.3 Å². The zero-order valence-corrected chi connectivity index (χ0v) is 17.4. The van der Waals surface area contributed by atoms with Crippen molar-refractivity contribution in [1.82, 2.24) is 0 Å². The number of amides is 1. The van der Waals surface area contributed by atoms with E-state index < -0.39 is 10.0 Å². The maximum Gasteiger partial charge on any atom is 0.264 e. The van der Waals surface area contributed by atoms with Gasteiger partial charge in [-0.3, -0.25) is 9.10 Å². The average molecular weight is 429 g/mol. The van der Waals surface area contributed by atoms with E-state index >= 15 is 0 Å². The first kappa shape index (κ1) is 19.5. The third kappa shape index (κ3) is 3.99. The van der Waals surface area contributed by atoms with Crippen LogP contribution >= 0.6 is 11.3 Å². The van der Waals surface area contributed by atoms with Gasteiger partial charge in [-0.2, -0.15) is 0 Å². The number of thiophene rings is 1. The van der Waals surface area contributed by atoms with Crippen LogP contribution in [0.1, 0.15) is 16.9 Å². The second kappa shape index (κ2) is 7.88. The molecular weight excluding hydrogens is 408 g/mol. The number of aryl methyl sites for hydroxylation is 1. The molecule has 0 saturated heterocycles. The molecule has 0 saturated carbocycles. The number of nitrogens with zero attached hydrogens (tertiary/aromatic N) is 1. The first-order valence-electron chi connectivity index (χ1n) is 9.09. The monoisotopic (exact) mass is 428 g/mol. The number of rotatable bonds is 6. The van der Waals surface area contributed by atoms with Gasteiger partial charge in [0.15, 0.2) is 0 Å². The number of methoxy groups -OCH3 is 1. The van der Waals surface area contributed by atoms with Crippen LogP contribution in [0.15, 0.2) is 64.9 Å². The van der Waals surface area contributed by atoms with Crippen LogP contribution in [0.2, 0.25) is 0 Å². The zero-order valence-electron chi connectivity index (χ0n) is 15.8. The molecular formula is C21H20N2O4S2. The number of nitrogens with one attached hydrogen (secondary N) is 1. The quantitative estimate of drug-likeness (QED) is 0.643. The fraction of sp³-hybridized carbons (Fsp3) is 0.190. The minimum Gasteiger partial charge on any atom is -0.497 e. The summed E-state index contributed by atoms with van der Waals surface area (Å²) >= 11 is 1.51. The van der Waals surface area contributed by atoms with Gasteiger partial charge in [-0.05, 0) is 65.9 Å². The molecule has 0 bridgehead atoms. The standard InChI is InChI=1S/C21H20N2O4S2/c1-27-17-7-5-16(6-8-17)23(14-18-3-2-12-28-18)29(25,26)19-9-10-20-15(13-19)4-11-21(24)22-20/h2-3,5-10,12-13H,4,11,14H2,1H3,(H,22,24). The van der Waals surface area contributed by atoms with Crippen molar-refractivity contribution in [2.24, 2.45) is 0 Å². The van der Waals surface area contributed by atoms with Gasteiger partial charge in [0, 0.05) is 17.0 Å². The van der Waals surface area contributed by atoms with Gasteiger partial charge in [-0.25, -0.2) is 8.42 Å². The zero-order chi connectivity index (χ0) is 20.4. The molecule has 0 spiro atoms. The van der Waals surface area contributed by atoms with E-state index in [1.54, 1.807) is 49.6 Å². The van der Waals surface area contributed by atoms with Crippen molar-refractivity contribution in [2.75, 3.05) is 16.7 Å². The second-order valence-corrected chi connectivity index (χ2v) is 9.55. The highest BCUT2D eigenvalue weighted by Crippen LogP contribution is 2.31. The van der Waals surface area contributed by atoms with E-state index in [9.17, 15) is 13.2 Å². The molecule has 29 heavy (non-hydrogen) atoms. The molecule has 0 fully saturated rings. The smallest absolute Gasteiger partial charge is 0.264 e. The predicted octanol–water partition coefficient (Wildman–Crippen LogP) is 4.04. The van der Waals surface area contributed by atoms with Gasteiger partial charge in [0.2, 0.25) is 5.91 Å². The molecule has 1 aliphatic heterocycles. The van der Waals surface area contributed by atoms with E-state index in [0.29, 0.717) is 30.0 Å². The molecule has 0 unspecified atom stereocenters. The van der Waals surface area contributed by atoms with Gasteiger partial charge < -0.3 is 10.1 Å². The van der Waals surface area contributed by atoms with Crippen LogP contribution < -0.4 is 14.4 Å². The summed E-state index contributed by atoms with van der Waals surface area (Å²) in [5.74, 6) is 0.609. The van der Waals surface area contributed by atoms with Crippen LogP contribution in [-0.4, -0.2) is 21.4 Å². The van der Waals surface area contributed by atoms with Gasteiger partial charge in [-0.1, -0.05) is 6.07 Å². The number of benzene rings is 2. The maximum atomic E-state index is 13.6. The Labute approximate surface area is 173 Å². The predicted molar refractivity (Wildman–Crippen MR) is 114 cm³/mol. The summed E-state index contributed by atoms with van der Waals surface area (Å²) in [5, 5.41) is 4.72. The number of hydrogen-bond acceptors (Lipinski definition) is 5. The Bertz CT molecular complexity index is 1120. The van der Waals surface area contributed by atoms with Crippen molar-refractivity contribution < 1.29 is 17.9 Å². The molecule has 1 aliphatic rings. The molecule has 0 atom stereocenters. The molecule has 1 aromatic heterocycles. The largest absolute Gasteiger partial charge is 0.497 e. The number of ether oxygens (including phenoxy) is 1. The Morgan fingerprint density at radius 2 is 1.90 bits per heavy atom. The lowest BCUT2D eigenvalue weighted by atomic mass is 10.0. The van der Waals surface area contributed by atoms with Crippen molar-refractivity contribution in [2.45, 2.75) is 24.3 Å². The SMILES string of the molecule is COc1ccc(N(Cc2cccs2)S(=O)(=O)c2ccc3c(c2)CCC(=O)N3)cc1. The number of anilines is 2. The summed E-state index contributed by atoms with van der Waals surface area (Å²) in [6.07, 6.45) is 0.881. The highest BCUT2D eigenvalue weighted by Gasteiger charge is 2.27. The molecule has 2 heterocycles. The third-order valence-corrected chi connectivity index (χ3v) is 7.43. The van der Waals surface area contributed by atoms with E-state index in [4.69, 9.17) is 4.74 Å². The molecule has 0 radical (unpaired) electrons. The van der Waals surface area contributed by atoms with Crippen LogP contribution in [0, 0.1) is 0 Å². The summed E-state index contributed by atoms with van der Waals surface area (Å²) in [5.41, 5.74) is 2.07. The minimum atomic E-state index is -3.81. The van der Waals surface area contributed by atoms with Gasteiger partial charge in [-0.15, -0.1) is 11.3 Å². The summed E-state index contributed by atoms with van der Waals surface area (Å²) in [4.78, 5) is 12.7. The Morgan fingerprint density at radius 3 is 2.59 bits per heavy atom. The van der Waals surface area contributed by atoms with E-state index in [2.05, 4.69) is 5.32 Å². The molecule has 1 amide bonds. The normalized spacial score (nSPS) is 13.5. The topological polar surface area (TPSA) is 75.7 Å². The van der Waals surface area contributed by atoms with Crippen LogP contribution in [-0.2, 0) is 27.8 Å². The Kier molecular flexibility index (Phi) is 5.29. The number of carbonyl (C=O) groups excluding carboxylic acids is 1. The van der Waals surface area contributed by atoms with Gasteiger partial charge in [0.05, 0.1) is 24.2 Å². The van der Waals surface area contributed by atoms with E-state index in [1.807, 2.05) is 17.5 Å². The number of sulfonamides is 1. The first-order chi connectivity index (χ1) is 14.0. The molecule has 150 valence electrons. The molecule has 3 aromatic rings. The van der Waals surface area contributed by atoms with Gasteiger partial charge in [0.1, 0.15) is 5.75 Å². The van der Waals surface area contributed by atoms with E-state index in [1.165, 1.54) is 15.6 Å². The Balaban J connectivity index is 1.75. The summed E-state index contributed by atoms with van der Waals surface area (Å²) in [6.45, 7) is 0.236. The maximum absolute atomic E-state index is 13.6. The van der Waals surface area contributed by atoms with Crippen molar-refractivity contribution in [1.29, 1.82) is 0 Å². The van der Waals surface area contributed by atoms with Crippen molar-refractivity contribution >= 4 is 38.6 Å². The highest BCUT2D eigenvalue weighted by atomic mass is 32.2. The van der Waals surface area contributed by atoms with Crippen molar-refractivity contribution in [3.8, 4) is 5.75 Å². The summed E-state index contributed by atoms with van der Waals surface area (Å²) < 4.78 is 33.8. The first-order valence-corrected chi connectivity index (χ1v) is 11.4. The Hall–Kier alpha value is -2.84. The fourth-order valence-corrected chi connectivity index (χ4v) is 5.52. The average Bonchev–Trinajstić information content (AvgIpc) is 3.25. The number of hydrogen-bond donors (Lipinski definition) is 1. The third-order valence-electron chi connectivity index (χ3n) is 4.80. The van der Waals surface area contributed by atoms with Gasteiger partial charge in [0.25, 0.3) is 10.0 Å². The van der Waals surface area contributed by atoms with Crippen LogP contribution in [0.25, 0.3) is 0 Å². The minimum absolute atomic E-state index is 0.0503. The lowest BCUT2D eigenvalue weighted by molar-refractivity contribution is -0.116. The molecule has 2 aromatic carbocycles. The molecule has 6 nitrogen and oxygen atoms in total. The fourth-order valence-electron chi connectivity index (χ4n) is 3.26. The molecule has 8 heteroatoms. The van der Waals surface area contributed by atoms with Crippen LogP contribution in [0.5, 0.6) is 5.75 Å². The highest BCUT2D eigenvalue weighted by molar-refractivity contribution is 7.92. The number of fused-ring (bicyclic) bond motifs is 1. The lowest BCUT2D eigenvalue weighted by Gasteiger charge is -2.25. The van der Waals surface area contributed by atoms with Crippen molar-refractivity contribution in [3.63, 3.8) is 0 Å². The Morgan fingerprint density at radius 1 is 1.10 bits per heavy atom. The molecule has 4 rings (SSSR count). The molecule has 0 aliphatic carbocycles. The van der Waals surface area contributed by atoms with E-state index in [0.717, 1.165) is 10.4 Å². The summed E-state index contributed by atoms with van der Waals surface area (Å²) in [7, 11) is -2.24. The van der Waals surface area contributed by atoms with Crippen LogP contribution in [0.3, 0.4) is 0 Å². The molecule has 1 N–H and O–H groups in total. The van der Waals surface area contributed by atoms with Gasteiger partial charge >= 0.3 is 0 Å². The summed E-state index contributed by atoms with van der Waals surface area (Å²) in [6, 6.07) is 15.7. The number of carbonyl (C=O) groups is 1.